The predicted octanol–water partition coefficient (Wildman–Crippen LogP) is 2.75. The highest BCUT2D eigenvalue weighted by atomic mass is 35.5. The van der Waals surface area contributed by atoms with E-state index in [9.17, 15) is 4.79 Å². The van der Waals surface area contributed by atoms with Crippen molar-refractivity contribution in [2.75, 3.05) is 0 Å². The number of rotatable bonds is 1. The van der Waals surface area contributed by atoms with Gasteiger partial charge in [0.2, 0.25) is 0 Å². The Hall–Kier alpha value is -1.28. The number of nitrogens with zero attached hydrogens (tertiary/aromatic N) is 1. The summed E-state index contributed by atoms with van der Waals surface area (Å²) in [5.41, 5.74) is 1.17. The minimum absolute atomic E-state index is 0.0267. The lowest BCUT2D eigenvalue weighted by Crippen LogP contribution is -2.17. The summed E-state index contributed by atoms with van der Waals surface area (Å²) in [5, 5.41) is 2.37. The zero-order valence-electron chi connectivity index (χ0n) is 8.75. The molecule has 0 aliphatic heterocycles. The van der Waals surface area contributed by atoms with Crippen LogP contribution in [0.4, 0.5) is 0 Å². The highest BCUT2D eigenvalue weighted by Gasteiger charge is 2.05. The van der Waals surface area contributed by atoms with Crippen LogP contribution >= 0.6 is 11.6 Å². The van der Waals surface area contributed by atoms with Gasteiger partial charge in [-0.25, -0.2) is 0 Å². The molecule has 0 aliphatic carbocycles. The largest absolute Gasteiger partial charge is 0.318 e. The highest BCUT2D eigenvalue weighted by Crippen LogP contribution is 2.20. The Balaban J connectivity index is 2.96. The first-order valence-corrected chi connectivity index (χ1v) is 5.29. The SMILES string of the molecule is CCc1cn(C)c(=O)c2ccc(Cl)cc12. The van der Waals surface area contributed by atoms with Gasteiger partial charge in [0.15, 0.2) is 0 Å². The molecule has 0 N–H and O–H groups in total. The van der Waals surface area contributed by atoms with E-state index in [0.717, 1.165) is 22.8 Å². The van der Waals surface area contributed by atoms with Crippen LogP contribution in [0.2, 0.25) is 5.02 Å². The van der Waals surface area contributed by atoms with E-state index in [1.807, 2.05) is 12.3 Å². The topological polar surface area (TPSA) is 22.0 Å². The number of aromatic nitrogens is 1. The Kier molecular flexibility index (Phi) is 2.53. The summed E-state index contributed by atoms with van der Waals surface area (Å²) < 4.78 is 1.62. The first kappa shape index (κ1) is 10.2. The molecule has 0 atom stereocenters. The Morgan fingerprint density at radius 3 is 2.73 bits per heavy atom. The average Bonchev–Trinajstić information content (AvgIpc) is 2.23. The number of pyridine rings is 1. The highest BCUT2D eigenvalue weighted by molar-refractivity contribution is 6.31. The van der Waals surface area contributed by atoms with Gasteiger partial charge < -0.3 is 4.57 Å². The van der Waals surface area contributed by atoms with E-state index in [1.54, 1.807) is 23.7 Å². The molecule has 0 aliphatic rings. The summed E-state index contributed by atoms with van der Waals surface area (Å²) in [6, 6.07) is 5.40. The molecular formula is C12H12ClNO. The van der Waals surface area contributed by atoms with Crippen LogP contribution in [0.15, 0.2) is 29.2 Å². The normalized spacial score (nSPS) is 10.9. The number of hydrogen-bond acceptors (Lipinski definition) is 1. The standard InChI is InChI=1S/C12H12ClNO/c1-3-8-7-14(2)12(15)10-5-4-9(13)6-11(8)10/h4-7H,3H2,1-2H3. The van der Waals surface area contributed by atoms with E-state index in [-0.39, 0.29) is 5.56 Å². The zero-order valence-corrected chi connectivity index (χ0v) is 9.51. The molecule has 0 saturated carbocycles. The third-order valence-corrected chi connectivity index (χ3v) is 2.84. The molecule has 1 heterocycles. The smallest absolute Gasteiger partial charge is 0.258 e. The van der Waals surface area contributed by atoms with Crippen LogP contribution in [0, 0.1) is 0 Å². The summed E-state index contributed by atoms with van der Waals surface area (Å²) in [6.07, 6.45) is 2.77. The van der Waals surface area contributed by atoms with Crippen molar-refractivity contribution in [1.82, 2.24) is 4.57 Å². The molecule has 3 heteroatoms. The van der Waals surface area contributed by atoms with E-state index >= 15 is 0 Å². The minimum Gasteiger partial charge on any atom is -0.318 e. The number of benzene rings is 1. The molecule has 0 saturated heterocycles. The number of halogens is 1. The lowest BCUT2D eigenvalue weighted by molar-refractivity contribution is 0.857. The predicted molar refractivity (Wildman–Crippen MR) is 63.6 cm³/mol. The average molecular weight is 222 g/mol. The summed E-state index contributed by atoms with van der Waals surface area (Å²) in [6.45, 7) is 2.07. The quantitative estimate of drug-likeness (QED) is 0.726. The molecule has 2 rings (SSSR count). The van der Waals surface area contributed by atoms with Crippen LogP contribution in [0.5, 0.6) is 0 Å². The molecule has 78 valence electrons. The van der Waals surface area contributed by atoms with Crippen LogP contribution in [-0.4, -0.2) is 4.57 Å². The molecule has 2 nitrogen and oxygen atoms in total. The molecule has 0 amide bonds. The monoisotopic (exact) mass is 221 g/mol. The van der Waals surface area contributed by atoms with Crippen molar-refractivity contribution in [1.29, 1.82) is 0 Å². The third kappa shape index (κ3) is 1.65. The lowest BCUT2D eigenvalue weighted by atomic mass is 10.1. The Morgan fingerprint density at radius 2 is 2.07 bits per heavy atom. The number of aryl methyl sites for hydroxylation is 2. The van der Waals surface area contributed by atoms with E-state index in [0.29, 0.717) is 5.02 Å². The molecule has 1 aromatic heterocycles. The summed E-state index contributed by atoms with van der Waals surface area (Å²) in [5.74, 6) is 0. The van der Waals surface area contributed by atoms with Gasteiger partial charge >= 0.3 is 0 Å². The van der Waals surface area contributed by atoms with Crippen molar-refractivity contribution < 1.29 is 0 Å². The maximum Gasteiger partial charge on any atom is 0.258 e. The molecular weight excluding hydrogens is 210 g/mol. The summed E-state index contributed by atoms with van der Waals surface area (Å²) in [4.78, 5) is 11.8. The van der Waals surface area contributed by atoms with Crippen LogP contribution in [0.3, 0.4) is 0 Å². The second-order valence-corrected chi connectivity index (χ2v) is 4.05. The molecule has 0 bridgehead atoms. The molecule has 0 radical (unpaired) electrons. The molecule has 0 unspecified atom stereocenters. The van der Waals surface area contributed by atoms with Crippen molar-refractivity contribution in [3.63, 3.8) is 0 Å². The maximum atomic E-state index is 11.8. The summed E-state index contributed by atoms with van der Waals surface area (Å²) in [7, 11) is 1.77. The number of hydrogen-bond donors (Lipinski definition) is 0. The minimum atomic E-state index is 0.0267. The van der Waals surface area contributed by atoms with Gasteiger partial charge in [0.05, 0.1) is 0 Å². The fourth-order valence-electron chi connectivity index (χ4n) is 1.80. The van der Waals surface area contributed by atoms with Crippen LogP contribution < -0.4 is 5.56 Å². The van der Waals surface area contributed by atoms with Crippen molar-refractivity contribution in [2.45, 2.75) is 13.3 Å². The van der Waals surface area contributed by atoms with Crippen molar-refractivity contribution >= 4 is 22.4 Å². The number of fused-ring (bicyclic) bond motifs is 1. The van der Waals surface area contributed by atoms with Crippen LogP contribution in [0.25, 0.3) is 10.8 Å². The molecule has 0 fully saturated rings. The Labute approximate surface area is 93.1 Å². The maximum absolute atomic E-state index is 11.8. The first-order valence-electron chi connectivity index (χ1n) is 4.91. The fraction of sp³-hybridized carbons (Fsp3) is 0.250. The van der Waals surface area contributed by atoms with Gasteiger partial charge in [-0.05, 0) is 35.6 Å². The van der Waals surface area contributed by atoms with Crippen molar-refractivity contribution in [2.24, 2.45) is 7.05 Å². The van der Waals surface area contributed by atoms with E-state index < -0.39 is 0 Å². The second kappa shape index (κ2) is 3.70. The van der Waals surface area contributed by atoms with Crippen molar-refractivity contribution in [3.05, 3.63) is 45.3 Å². The summed E-state index contributed by atoms with van der Waals surface area (Å²) >= 11 is 5.93. The van der Waals surface area contributed by atoms with E-state index in [1.165, 1.54) is 0 Å². The van der Waals surface area contributed by atoms with Gasteiger partial charge in [-0.15, -0.1) is 0 Å². The van der Waals surface area contributed by atoms with Crippen LogP contribution in [0.1, 0.15) is 12.5 Å². The first-order chi connectivity index (χ1) is 7.13. The van der Waals surface area contributed by atoms with Gasteiger partial charge in [-0.3, -0.25) is 4.79 Å². The van der Waals surface area contributed by atoms with Gasteiger partial charge in [0.25, 0.3) is 5.56 Å². The molecule has 0 spiro atoms. The molecule has 15 heavy (non-hydrogen) atoms. The van der Waals surface area contributed by atoms with Crippen LogP contribution in [-0.2, 0) is 13.5 Å². The Morgan fingerprint density at radius 1 is 1.33 bits per heavy atom. The zero-order chi connectivity index (χ0) is 11.0. The fourth-order valence-corrected chi connectivity index (χ4v) is 1.97. The van der Waals surface area contributed by atoms with Gasteiger partial charge in [-0.2, -0.15) is 0 Å². The Bertz CT molecular complexity index is 572. The molecule has 2 aromatic rings. The second-order valence-electron chi connectivity index (χ2n) is 3.61. The van der Waals surface area contributed by atoms with E-state index in [2.05, 4.69) is 6.92 Å². The van der Waals surface area contributed by atoms with Gasteiger partial charge in [0.1, 0.15) is 0 Å². The van der Waals surface area contributed by atoms with E-state index in [4.69, 9.17) is 11.6 Å². The van der Waals surface area contributed by atoms with Crippen molar-refractivity contribution in [3.8, 4) is 0 Å². The third-order valence-electron chi connectivity index (χ3n) is 2.61. The lowest BCUT2D eigenvalue weighted by Gasteiger charge is -2.07. The molecule has 1 aromatic carbocycles. The van der Waals surface area contributed by atoms with Gasteiger partial charge in [0, 0.05) is 23.7 Å². The van der Waals surface area contributed by atoms with Gasteiger partial charge in [-0.1, -0.05) is 18.5 Å².